The van der Waals surface area contributed by atoms with Gasteiger partial charge in [0.2, 0.25) is 15.9 Å². The second-order valence-corrected chi connectivity index (χ2v) is 10.3. The number of likely N-dealkylation sites (tertiary alicyclic amines) is 1. The Morgan fingerprint density at radius 3 is 2.26 bits per heavy atom. The fourth-order valence-corrected chi connectivity index (χ4v) is 5.25. The molecule has 6 nitrogen and oxygen atoms in total. The summed E-state index contributed by atoms with van der Waals surface area (Å²) in [6.07, 6.45) is 4.89. The van der Waals surface area contributed by atoms with Gasteiger partial charge in [0.1, 0.15) is 6.04 Å². The quantitative estimate of drug-likeness (QED) is 0.678. The van der Waals surface area contributed by atoms with E-state index in [9.17, 15) is 13.2 Å². The predicted octanol–water partition coefficient (Wildman–Crippen LogP) is 3.45. The Bertz CT molecular complexity index is 983. The number of hydrogen-bond donors (Lipinski definition) is 1. The Hall–Kier alpha value is -2.38. The molecule has 1 N–H and O–H groups in total. The number of nitrogens with zero attached hydrogens (tertiary/aromatic N) is 2. The Balaban J connectivity index is 1.70. The van der Waals surface area contributed by atoms with Crippen LogP contribution in [0.2, 0.25) is 0 Å². The first-order chi connectivity index (χ1) is 14.8. The van der Waals surface area contributed by atoms with Gasteiger partial charge in [0.05, 0.1) is 11.9 Å². The van der Waals surface area contributed by atoms with Crippen LogP contribution in [-0.4, -0.2) is 44.6 Å². The first-order valence-electron chi connectivity index (χ1n) is 10.9. The molecule has 1 amide bonds. The van der Waals surface area contributed by atoms with Crippen molar-refractivity contribution in [2.75, 3.05) is 23.7 Å². The van der Waals surface area contributed by atoms with Crippen LogP contribution in [0.5, 0.6) is 0 Å². The summed E-state index contributed by atoms with van der Waals surface area (Å²) in [5, 5.41) is 2.95. The third-order valence-electron chi connectivity index (χ3n) is 5.79. The van der Waals surface area contributed by atoms with Crippen LogP contribution in [0.3, 0.4) is 0 Å². The van der Waals surface area contributed by atoms with Crippen LogP contribution in [0.25, 0.3) is 0 Å². The van der Waals surface area contributed by atoms with Gasteiger partial charge in [-0.25, -0.2) is 8.42 Å². The third-order valence-corrected chi connectivity index (χ3v) is 7.03. The molecule has 1 aliphatic heterocycles. The summed E-state index contributed by atoms with van der Waals surface area (Å²) in [5.41, 5.74) is 3.78. The summed E-state index contributed by atoms with van der Waals surface area (Å²) in [5.74, 6) is -0.321. The van der Waals surface area contributed by atoms with Crippen LogP contribution in [0, 0.1) is 6.92 Å². The molecule has 0 radical (unpaired) electrons. The maximum atomic E-state index is 12.9. The van der Waals surface area contributed by atoms with Gasteiger partial charge in [-0.05, 0) is 63.0 Å². The number of sulfonamides is 1. The lowest BCUT2D eigenvalue weighted by atomic mass is 10.0. The molecule has 3 rings (SSSR count). The van der Waals surface area contributed by atoms with Crippen molar-refractivity contribution in [3.63, 3.8) is 0 Å². The van der Waals surface area contributed by atoms with E-state index in [0.29, 0.717) is 12.2 Å². The highest BCUT2D eigenvalue weighted by molar-refractivity contribution is 7.92. The van der Waals surface area contributed by atoms with Gasteiger partial charge < -0.3 is 5.32 Å². The number of aryl methyl sites for hydroxylation is 1. The number of carbonyl (C=O) groups excluding carboxylic acids is 1. The molecule has 2 aromatic rings. The van der Waals surface area contributed by atoms with Crippen LogP contribution >= 0.6 is 0 Å². The molecule has 1 fully saturated rings. The molecule has 1 saturated heterocycles. The number of hydrogen-bond acceptors (Lipinski definition) is 4. The van der Waals surface area contributed by atoms with E-state index in [2.05, 4.69) is 16.3 Å². The van der Waals surface area contributed by atoms with Crippen LogP contribution in [0.1, 0.15) is 42.9 Å². The smallest absolute Gasteiger partial charge is 0.243 e. The van der Waals surface area contributed by atoms with Gasteiger partial charge >= 0.3 is 0 Å². The number of benzene rings is 2. The fraction of sp³-hybridized carbons (Fsp3) is 0.458. The SMILES string of the molecule is Cc1ccc(N(C(C)C(=O)NCc2ccccc2CN2CCCCC2)S(C)(=O)=O)cc1. The summed E-state index contributed by atoms with van der Waals surface area (Å²) >= 11 is 0. The predicted molar refractivity (Wildman–Crippen MR) is 125 cm³/mol. The van der Waals surface area contributed by atoms with Crippen molar-refractivity contribution < 1.29 is 13.2 Å². The minimum absolute atomic E-state index is 0.321. The summed E-state index contributed by atoms with van der Waals surface area (Å²) in [7, 11) is -3.62. The van der Waals surface area contributed by atoms with E-state index >= 15 is 0 Å². The van der Waals surface area contributed by atoms with Gasteiger partial charge in [-0.2, -0.15) is 0 Å². The Morgan fingerprint density at radius 2 is 1.65 bits per heavy atom. The zero-order valence-electron chi connectivity index (χ0n) is 18.7. The molecule has 0 spiro atoms. The summed E-state index contributed by atoms with van der Waals surface area (Å²) in [6.45, 7) is 7.02. The largest absolute Gasteiger partial charge is 0.350 e. The van der Waals surface area contributed by atoms with Crippen LogP contribution in [-0.2, 0) is 27.9 Å². The van der Waals surface area contributed by atoms with Crippen molar-refractivity contribution >= 4 is 21.6 Å². The molecule has 0 saturated carbocycles. The fourth-order valence-electron chi connectivity index (χ4n) is 4.07. The Morgan fingerprint density at radius 1 is 1.03 bits per heavy atom. The maximum absolute atomic E-state index is 12.9. The minimum Gasteiger partial charge on any atom is -0.350 e. The van der Waals surface area contributed by atoms with Crippen molar-refractivity contribution in [1.29, 1.82) is 0 Å². The van der Waals surface area contributed by atoms with E-state index in [-0.39, 0.29) is 5.91 Å². The molecular formula is C24H33N3O3S. The molecule has 0 bridgehead atoms. The number of piperidine rings is 1. The van der Waals surface area contributed by atoms with E-state index in [0.717, 1.165) is 37.0 Å². The number of rotatable bonds is 8. The van der Waals surface area contributed by atoms with Crippen LogP contribution in [0.4, 0.5) is 5.69 Å². The zero-order chi connectivity index (χ0) is 22.4. The second kappa shape index (κ2) is 10.3. The van der Waals surface area contributed by atoms with Gasteiger partial charge in [-0.15, -0.1) is 0 Å². The molecular weight excluding hydrogens is 410 g/mol. The molecule has 1 heterocycles. The van der Waals surface area contributed by atoms with Crippen molar-refractivity contribution in [1.82, 2.24) is 10.2 Å². The van der Waals surface area contributed by atoms with Crippen LogP contribution < -0.4 is 9.62 Å². The first-order valence-corrected chi connectivity index (χ1v) is 12.7. The van der Waals surface area contributed by atoms with Gasteiger partial charge in [0.25, 0.3) is 0 Å². The molecule has 1 aliphatic rings. The van der Waals surface area contributed by atoms with Gasteiger partial charge in [-0.3, -0.25) is 14.0 Å². The molecule has 0 aromatic heterocycles. The summed E-state index contributed by atoms with van der Waals surface area (Å²) in [4.78, 5) is 15.4. The van der Waals surface area contributed by atoms with E-state index in [4.69, 9.17) is 0 Å². The highest BCUT2D eigenvalue weighted by Gasteiger charge is 2.29. The van der Waals surface area contributed by atoms with Gasteiger partial charge in [-0.1, -0.05) is 48.4 Å². The molecule has 2 aromatic carbocycles. The molecule has 1 unspecified atom stereocenters. The lowest BCUT2D eigenvalue weighted by molar-refractivity contribution is -0.122. The normalized spacial score (nSPS) is 16.0. The maximum Gasteiger partial charge on any atom is 0.243 e. The van der Waals surface area contributed by atoms with Crippen molar-refractivity contribution in [3.05, 3.63) is 65.2 Å². The summed E-state index contributed by atoms with van der Waals surface area (Å²) < 4.78 is 26.1. The first kappa shape index (κ1) is 23.3. The highest BCUT2D eigenvalue weighted by atomic mass is 32.2. The average Bonchev–Trinajstić information content (AvgIpc) is 2.74. The molecule has 0 aliphatic carbocycles. The lowest BCUT2D eigenvalue weighted by Gasteiger charge is -2.29. The Labute approximate surface area is 186 Å². The van der Waals surface area contributed by atoms with Crippen molar-refractivity contribution in [2.45, 2.75) is 52.2 Å². The molecule has 1 atom stereocenters. The third kappa shape index (κ3) is 6.31. The Kier molecular flexibility index (Phi) is 7.73. The topological polar surface area (TPSA) is 69.7 Å². The number of anilines is 1. The van der Waals surface area contributed by atoms with E-state index in [1.165, 1.54) is 29.1 Å². The molecule has 31 heavy (non-hydrogen) atoms. The lowest BCUT2D eigenvalue weighted by Crippen LogP contribution is -2.47. The minimum atomic E-state index is -3.62. The number of nitrogens with one attached hydrogen (secondary N) is 1. The van der Waals surface area contributed by atoms with Crippen molar-refractivity contribution in [3.8, 4) is 0 Å². The van der Waals surface area contributed by atoms with E-state index < -0.39 is 16.1 Å². The monoisotopic (exact) mass is 443 g/mol. The highest BCUT2D eigenvalue weighted by Crippen LogP contribution is 2.22. The standard InChI is InChI=1S/C24H33N3O3S/c1-19-11-13-23(14-12-19)27(31(3,29)30)20(2)24(28)25-17-21-9-5-6-10-22(21)18-26-15-7-4-8-16-26/h5-6,9-14,20H,4,7-8,15-18H2,1-3H3,(H,25,28). The van der Waals surface area contributed by atoms with Crippen molar-refractivity contribution in [2.24, 2.45) is 0 Å². The summed E-state index contributed by atoms with van der Waals surface area (Å²) in [6, 6.07) is 14.4. The van der Waals surface area contributed by atoms with Crippen LogP contribution in [0.15, 0.2) is 48.5 Å². The average molecular weight is 444 g/mol. The number of amides is 1. The zero-order valence-corrected chi connectivity index (χ0v) is 19.5. The van der Waals surface area contributed by atoms with Gasteiger partial charge in [0, 0.05) is 13.1 Å². The molecule has 168 valence electrons. The van der Waals surface area contributed by atoms with E-state index in [1.807, 2.05) is 37.3 Å². The van der Waals surface area contributed by atoms with E-state index in [1.54, 1.807) is 19.1 Å². The van der Waals surface area contributed by atoms with Gasteiger partial charge in [0.15, 0.2) is 0 Å². The number of carbonyl (C=O) groups is 1. The molecule has 7 heteroatoms. The second-order valence-electron chi connectivity index (χ2n) is 8.39.